The molecule has 1 saturated heterocycles. The number of fused-ring (bicyclic) bond motifs is 1. The molecule has 172 valence electrons. The second-order valence-corrected chi connectivity index (χ2v) is 8.21. The smallest absolute Gasteiger partial charge is 0.257 e. The summed E-state index contributed by atoms with van der Waals surface area (Å²) in [5, 5.41) is 2.96. The van der Waals surface area contributed by atoms with Gasteiger partial charge >= 0.3 is 0 Å². The average molecular weight is 442 g/mol. The Balaban J connectivity index is 1.56. The summed E-state index contributed by atoms with van der Waals surface area (Å²) in [6, 6.07) is 7.40. The van der Waals surface area contributed by atoms with Crippen LogP contribution in [0.5, 0.6) is 11.5 Å². The van der Waals surface area contributed by atoms with Gasteiger partial charge in [-0.05, 0) is 31.0 Å². The maximum absolute atomic E-state index is 13.1. The summed E-state index contributed by atoms with van der Waals surface area (Å²) in [4.78, 5) is 28.2. The monoisotopic (exact) mass is 441 g/mol. The molecule has 0 bridgehead atoms. The Kier molecular flexibility index (Phi) is 7.12. The SMILES string of the molecule is CCCc1c(C(=O)NCCN2CCOCC2)c(=O)cc(C)n1Cc1ccc2c(c1)OCO2. The van der Waals surface area contributed by atoms with E-state index in [9.17, 15) is 9.59 Å². The number of hydrogen-bond donors (Lipinski definition) is 1. The fraction of sp³-hybridized carbons (Fsp3) is 0.500. The topological polar surface area (TPSA) is 82.0 Å². The van der Waals surface area contributed by atoms with E-state index in [1.807, 2.05) is 25.1 Å². The van der Waals surface area contributed by atoms with Crippen molar-refractivity contribution in [2.24, 2.45) is 0 Å². The van der Waals surface area contributed by atoms with Crippen molar-refractivity contribution in [1.29, 1.82) is 0 Å². The van der Waals surface area contributed by atoms with E-state index in [1.165, 1.54) is 0 Å². The molecule has 2 aromatic rings. The van der Waals surface area contributed by atoms with Crippen LogP contribution >= 0.6 is 0 Å². The normalized spacial score (nSPS) is 15.7. The zero-order valence-corrected chi connectivity index (χ0v) is 18.8. The van der Waals surface area contributed by atoms with Gasteiger partial charge in [-0.1, -0.05) is 19.4 Å². The van der Waals surface area contributed by atoms with E-state index in [4.69, 9.17) is 14.2 Å². The van der Waals surface area contributed by atoms with Crippen LogP contribution in [-0.4, -0.2) is 61.6 Å². The van der Waals surface area contributed by atoms with Crippen molar-refractivity contribution in [3.8, 4) is 11.5 Å². The molecule has 0 aliphatic carbocycles. The van der Waals surface area contributed by atoms with E-state index in [-0.39, 0.29) is 23.7 Å². The van der Waals surface area contributed by atoms with Gasteiger partial charge in [0.25, 0.3) is 5.91 Å². The number of ether oxygens (including phenoxy) is 3. The summed E-state index contributed by atoms with van der Waals surface area (Å²) >= 11 is 0. The maximum atomic E-state index is 13.1. The Hall–Kier alpha value is -2.84. The molecule has 3 heterocycles. The number of aromatic nitrogens is 1. The third-order valence-corrected chi connectivity index (χ3v) is 5.94. The number of carbonyl (C=O) groups excluding carboxylic acids is 1. The second kappa shape index (κ2) is 10.2. The predicted molar refractivity (Wildman–Crippen MR) is 121 cm³/mol. The van der Waals surface area contributed by atoms with E-state index < -0.39 is 0 Å². The number of nitrogens with one attached hydrogen (secondary N) is 1. The van der Waals surface area contributed by atoms with Gasteiger partial charge in [-0.3, -0.25) is 14.5 Å². The summed E-state index contributed by atoms with van der Waals surface area (Å²) in [5.74, 6) is 1.16. The number of carbonyl (C=O) groups is 1. The van der Waals surface area contributed by atoms with Crippen LogP contribution in [0.3, 0.4) is 0 Å². The van der Waals surface area contributed by atoms with Crippen molar-refractivity contribution < 1.29 is 19.0 Å². The molecule has 8 nitrogen and oxygen atoms in total. The highest BCUT2D eigenvalue weighted by molar-refractivity contribution is 5.95. The quantitative estimate of drug-likeness (QED) is 0.674. The molecule has 32 heavy (non-hydrogen) atoms. The van der Waals surface area contributed by atoms with Crippen LogP contribution in [0, 0.1) is 6.92 Å². The zero-order valence-electron chi connectivity index (χ0n) is 18.8. The summed E-state index contributed by atoms with van der Waals surface area (Å²) in [5.41, 5.74) is 2.66. The Labute approximate surface area is 188 Å². The first-order valence-electron chi connectivity index (χ1n) is 11.3. The van der Waals surface area contributed by atoms with Crippen LogP contribution in [0.15, 0.2) is 29.1 Å². The van der Waals surface area contributed by atoms with Crippen molar-refractivity contribution in [3.63, 3.8) is 0 Å². The van der Waals surface area contributed by atoms with E-state index in [0.29, 0.717) is 19.5 Å². The molecular formula is C24H31N3O5. The molecular weight excluding hydrogens is 410 g/mol. The van der Waals surface area contributed by atoms with Crippen molar-refractivity contribution in [3.05, 3.63) is 57.0 Å². The number of aryl methyl sites for hydroxylation is 1. The minimum atomic E-state index is -0.300. The summed E-state index contributed by atoms with van der Waals surface area (Å²) in [6.45, 7) is 9.15. The molecule has 1 fully saturated rings. The Morgan fingerprint density at radius 2 is 1.91 bits per heavy atom. The first kappa shape index (κ1) is 22.4. The number of rotatable bonds is 8. The van der Waals surface area contributed by atoms with Gasteiger partial charge in [-0.2, -0.15) is 0 Å². The highest BCUT2D eigenvalue weighted by atomic mass is 16.7. The molecule has 2 aliphatic heterocycles. The van der Waals surface area contributed by atoms with Crippen LogP contribution in [0.4, 0.5) is 0 Å². The van der Waals surface area contributed by atoms with Gasteiger partial charge in [0.2, 0.25) is 6.79 Å². The highest BCUT2D eigenvalue weighted by Crippen LogP contribution is 2.33. The van der Waals surface area contributed by atoms with Crippen molar-refractivity contribution in [2.45, 2.75) is 33.2 Å². The predicted octanol–water partition coefficient (Wildman–Crippen LogP) is 1.95. The number of amides is 1. The third-order valence-electron chi connectivity index (χ3n) is 5.94. The summed E-state index contributed by atoms with van der Waals surface area (Å²) in [7, 11) is 0. The van der Waals surface area contributed by atoms with Gasteiger partial charge in [0.1, 0.15) is 5.56 Å². The lowest BCUT2D eigenvalue weighted by Crippen LogP contribution is -2.42. The standard InChI is InChI=1S/C24H31N3O5/c1-3-4-19-23(24(29)25-7-8-26-9-11-30-12-10-26)20(28)13-17(2)27(19)15-18-5-6-21-22(14-18)32-16-31-21/h5-6,13-14H,3-4,7-12,15-16H2,1-2H3,(H,25,29). The van der Waals surface area contributed by atoms with Gasteiger partial charge in [0.05, 0.1) is 13.2 Å². The number of morpholine rings is 1. The lowest BCUT2D eigenvalue weighted by Gasteiger charge is -2.26. The Morgan fingerprint density at radius 3 is 2.69 bits per heavy atom. The molecule has 1 N–H and O–H groups in total. The molecule has 4 rings (SSSR count). The van der Waals surface area contributed by atoms with E-state index >= 15 is 0 Å². The van der Waals surface area contributed by atoms with E-state index in [0.717, 1.165) is 67.7 Å². The molecule has 0 unspecified atom stereocenters. The number of nitrogens with zero attached hydrogens (tertiary/aromatic N) is 2. The van der Waals surface area contributed by atoms with E-state index in [2.05, 4.69) is 21.7 Å². The molecule has 1 aromatic carbocycles. The fourth-order valence-electron chi connectivity index (χ4n) is 4.25. The Morgan fingerprint density at radius 1 is 1.12 bits per heavy atom. The van der Waals surface area contributed by atoms with Crippen molar-refractivity contribution in [2.75, 3.05) is 46.2 Å². The van der Waals surface area contributed by atoms with Gasteiger partial charge in [0, 0.05) is 50.2 Å². The molecule has 2 aliphatic rings. The van der Waals surface area contributed by atoms with Gasteiger partial charge < -0.3 is 24.1 Å². The van der Waals surface area contributed by atoms with Gasteiger partial charge in [-0.15, -0.1) is 0 Å². The molecule has 0 atom stereocenters. The minimum absolute atomic E-state index is 0.225. The first-order valence-corrected chi connectivity index (χ1v) is 11.3. The first-order chi connectivity index (χ1) is 15.6. The molecule has 1 aromatic heterocycles. The van der Waals surface area contributed by atoms with Gasteiger partial charge in [-0.25, -0.2) is 0 Å². The van der Waals surface area contributed by atoms with Crippen LogP contribution in [0.2, 0.25) is 0 Å². The highest BCUT2D eigenvalue weighted by Gasteiger charge is 2.21. The zero-order chi connectivity index (χ0) is 22.5. The van der Waals surface area contributed by atoms with E-state index in [1.54, 1.807) is 6.07 Å². The molecule has 8 heteroatoms. The average Bonchev–Trinajstić information content (AvgIpc) is 3.25. The third kappa shape index (κ3) is 4.97. The summed E-state index contributed by atoms with van der Waals surface area (Å²) < 4.78 is 18.3. The van der Waals surface area contributed by atoms with Crippen molar-refractivity contribution in [1.82, 2.24) is 14.8 Å². The maximum Gasteiger partial charge on any atom is 0.257 e. The van der Waals surface area contributed by atoms with Crippen LogP contribution in [-0.2, 0) is 17.7 Å². The number of hydrogen-bond acceptors (Lipinski definition) is 6. The fourth-order valence-corrected chi connectivity index (χ4v) is 4.25. The summed E-state index contributed by atoms with van der Waals surface area (Å²) in [6.07, 6.45) is 1.48. The lowest BCUT2D eigenvalue weighted by atomic mass is 10.0. The second-order valence-electron chi connectivity index (χ2n) is 8.21. The molecule has 0 radical (unpaired) electrons. The van der Waals surface area contributed by atoms with Crippen LogP contribution in [0.25, 0.3) is 0 Å². The van der Waals surface area contributed by atoms with Crippen LogP contribution < -0.4 is 20.2 Å². The Bertz CT molecular complexity index is 1030. The lowest BCUT2D eigenvalue weighted by molar-refractivity contribution is 0.0383. The minimum Gasteiger partial charge on any atom is -0.454 e. The van der Waals surface area contributed by atoms with Crippen molar-refractivity contribution >= 4 is 5.91 Å². The molecule has 0 spiro atoms. The largest absolute Gasteiger partial charge is 0.454 e. The number of benzene rings is 1. The van der Waals surface area contributed by atoms with Gasteiger partial charge in [0.15, 0.2) is 16.9 Å². The van der Waals surface area contributed by atoms with Crippen LogP contribution in [0.1, 0.15) is 40.7 Å². The molecule has 1 amide bonds. The molecule has 0 saturated carbocycles. The number of pyridine rings is 1.